The third-order valence-corrected chi connectivity index (χ3v) is 6.95. The molecule has 0 spiro atoms. The Hall–Kier alpha value is -3.45. The second-order valence-electron chi connectivity index (χ2n) is 7.69. The van der Waals surface area contributed by atoms with Gasteiger partial charge >= 0.3 is 0 Å². The number of hydrogen-bond acceptors (Lipinski definition) is 4. The summed E-state index contributed by atoms with van der Waals surface area (Å²) in [6, 6.07) is 15.9. The number of aromatic nitrogens is 3. The molecule has 0 saturated carbocycles. The molecule has 0 amide bonds. The first-order valence-corrected chi connectivity index (χ1v) is 11.8. The quantitative estimate of drug-likeness (QED) is 0.510. The van der Waals surface area contributed by atoms with E-state index in [1.54, 1.807) is 13.0 Å². The number of anilines is 1. The fourth-order valence-electron chi connectivity index (χ4n) is 3.94. The normalized spacial score (nSPS) is 13.3. The van der Waals surface area contributed by atoms with Crippen LogP contribution in [0.1, 0.15) is 23.7 Å². The van der Waals surface area contributed by atoms with Crippen LogP contribution in [0.2, 0.25) is 0 Å². The molecule has 1 N–H and O–H groups in total. The minimum Gasteiger partial charge on any atom is -0.334 e. The highest BCUT2D eigenvalue weighted by molar-refractivity contribution is 7.92. The lowest BCUT2D eigenvalue weighted by molar-refractivity contribution is 0.602. The summed E-state index contributed by atoms with van der Waals surface area (Å²) in [6.07, 6.45) is 6.69. The number of aryl methyl sites for hydroxylation is 1. The molecule has 156 valence electrons. The third-order valence-electron chi connectivity index (χ3n) is 5.65. The highest BCUT2D eigenvalue weighted by Gasteiger charge is 2.19. The van der Waals surface area contributed by atoms with E-state index >= 15 is 0 Å². The van der Waals surface area contributed by atoms with Gasteiger partial charge in [0.2, 0.25) is 10.0 Å². The molecular formula is C24H22N4O2S. The largest absolute Gasteiger partial charge is 0.334 e. The second-order valence-corrected chi connectivity index (χ2v) is 9.70. The Labute approximate surface area is 181 Å². The topological polar surface area (TPSA) is 76.9 Å². The molecule has 2 heterocycles. The zero-order valence-electron chi connectivity index (χ0n) is 17.3. The number of hydrogen-bond donors (Lipinski definition) is 1. The maximum Gasteiger partial charge on any atom is 0.232 e. The number of allylic oxidation sites excluding steroid dienone is 1. The standard InChI is InChI=1S/C24H22N4O2S/c1-3-31(29,30)27-19-6-4-5-16(11-19)18-12-21-20(8-10-22(21)25-14-18)17-7-9-23-24(13-17)28(2)15-26-23/h4-9,11-15,27H,3,10H2,1-2H3. The van der Waals surface area contributed by atoms with Crippen molar-refractivity contribution in [3.8, 4) is 11.1 Å². The number of rotatable bonds is 5. The van der Waals surface area contributed by atoms with E-state index in [4.69, 9.17) is 4.98 Å². The highest BCUT2D eigenvalue weighted by atomic mass is 32.2. The molecule has 0 radical (unpaired) electrons. The minimum atomic E-state index is -3.32. The first kappa shape index (κ1) is 19.5. The van der Waals surface area contributed by atoms with Crippen molar-refractivity contribution in [2.45, 2.75) is 13.3 Å². The fourth-order valence-corrected chi connectivity index (χ4v) is 4.57. The third kappa shape index (κ3) is 3.61. The van der Waals surface area contributed by atoms with E-state index in [-0.39, 0.29) is 5.75 Å². The van der Waals surface area contributed by atoms with Gasteiger partial charge in [-0.05, 0) is 54.0 Å². The van der Waals surface area contributed by atoms with E-state index in [9.17, 15) is 8.42 Å². The summed E-state index contributed by atoms with van der Waals surface area (Å²) in [4.78, 5) is 9.10. The van der Waals surface area contributed by atoms with Crippen molar-refractivity contribution in [2.75, 3.05) is 10.5 Å². The van der Waals surface area contributed by atoms with Crippen molar-refractivity contribution in [1.29, 1.82) is 0 Å². The second kappa shape index (κ2) is 7.35. The van der Waals surface area contributed by atoms with Crippen molar-refractivity contribution in [3.63, 3.8) is 0 Å². The number of sulfonamides is 1. The highest BCUT2D eigenvalue weighted by Crippen LogP contribution is 2.35. The molecule has 0 bridgehead atoms. The number of fused-ring (bicyclic) bond motifs is 2. The van der Waals surface area contributed by atoms with Gasteiger partial charge in [-0.15, -0.1) is 0 Å². The molecule has 1 aliphatic carbocycles. The van der Waals surface area contributed by atoms with Gasteiger partial charge < -0.3 is 4.57 Å². The van der Waals surface area contributed by atoms with Gasteiger partial charge in [0.05, 0.1) is 28.8 Å². The Morgan fingerprint density at radius 1 is 1.03 bits per heavy atom. The van der Waals surface area contributed by atoms with E-state index < -0.39 is 10.0 Å². The van der Waals surface area contributed by atoms with Crippen LogP contribution < -0.4 is 4.72 Å². The van der Waals surface area contributed by atoms with Crippen molar-refractivity contribution in [2.24, 2.45) is 7.05 Å². The summed E-state index contributed by atoms with van der Waals surface area (Å²) < 4.78 is 28.5. The van der Waals surface area contributed by atoms with Crippen LogP contribution in [0.4, 0.5) is 5.69 Å². The summed E-state index contributed by atoms with van der Waals surface area (Å²) in [6.45, 7) is 1.62. The molecule has 0 unspecified atom stereocenters. The fraction of sp³-hybridized carbons (Fsp3) is 0.167. The SMILES string of the molecule is CCS(=O)(=O)Nc1cccc(-c2cnc3c(c2)C(c2ccc4ncn(C)c4c2)=CC3)c1. The van der Waals surface area contributed by atoms with Crippen molar-refractivity contribution in [1.82, 2.24) is 14.5 Å². The van der Waals surface area contributed by atoms with Gasteiger partial charge in [0.25, 0.3) is 0 Å². The molecule has 1 aliphatic rings. The summed E-state index contributed by atoms with van der Waals surface area (Å²) in [5.41, 5.74) is 8.94. The van der Waals surface area contributed by atoms with Crippen molar-refractivity contribution < 1.29 is 8.42 Å². The van der Waals surface area contributed by atoms with Gasteiger partial charge in [-0.25, -0.2) is 13.4 Å². The molecule has 0 saturated heterocycles. The monoisotopic (exact) mass is 430 g/mol. The van der Waals surface area contributed by atoms with Crippen LogP contribution in [0.25, 0.3) is 27.7 Å². The van der Waals surface area contributed by atoms with Crippen LogP contribution in [0.3, 0.4) is 0 Å². The van der Waals surface area contributed by atoms with Crippen LogP contribution in [0.5, 0.6) is 0 Å². The van der Waals surface area contributed by atoms with Crippen LogP contribution in [0, 0.1) is 0 Å². The Kier molecular flexibility index (Phi) is 4.63. The van der Waals surface area contributed by atoms with E-state index in [1.807, 2.05) is 48.4 Å². The zero-order chi connectivity index (χ0) is 21.6. The summed E-state index contributed by atoms with van der Waals surface area (Å²) >= 11 is 0. The predicted molar refractivity (Wildman–Crippen MR) is 124 cm³/mol. The smallest absolute Gasteiger partial charge is 0.232 e. The predicted octanol–water partition coefficient (Wildman–Crippen LogP) is 4.38. The van der Waals surface area contributed by atoms with E-state index in [0.29, 0.717) is 5.69 Å². The van der Waals surface area contributed by atoms with Gasteiger partial charge in [-0.1, -0.05) is 24.3 Å². The summed E-state index contributed by atoms with van der Waals surface area (Å²) in [7, 11) is -1.33. The molecule has 2 aromatic heterocycles. The Balaban J connectivity index is 1.52. The molecule has 2 aromatic carbocycles. The van der Waals surface area contributed by atoms with E-state index in [0.717, 1.165) is 51.0 Å². The van der Waals surface area contributed by atoms with Crippen LogP contribution in [-0.4, -0.2) is 28.7 Å². The number of nitrogens with one attached hydrogen (secondary N) is 1. The Morgan fingerprint density at radius 2 is 1.90 bits per heavy atom. The molecule has 0 aliphatic heterocycles. The maximum absolute atomic E-state index is 11.9. The zero-order valence-corrected chi connectivity index (χ0v) is 18.1. The molecule has 6 nitrogen and oxygen atoms in total. The number of benzene rings is 2. The molecule has 5 rings (SSSR count). The lowest BCUT2D eigenvalue weighted by Crippen LogP contribution is -2.14. The molecule has 31 heavy (non-hydrogen) atoms. The summed E-state index contributed by atoms with van der Waals surface area (Å²) in [5.74, 6) is 0.0345. The molecular weight excluding hydrogens is 408 g/mol. The minimum absolute atomic E-state index is 0.0345. The van der Waals surface area contributed by atoms with Gasteiger partial charge in [-0.2, -0.15) is 0 Å². The first-order valence-electron chi connectivity index (χ1n) is 10.2. The average Bonchev–Trinajstić information content (AvgIpc) is 3.36. The van der Waals surface area contributed by atoms with Crippen LogP contribution in [0.15, 0.2) is 67.1 Å². The van der Waals surface area contributed by atoms with Gasteiger partial charge in [0, 0.05) is 36.5 Å². The Morgan fingerprint density at radius 3 is 2.74 bits per heavy atom. The van der Waals surface area contributed by atoms with E-state index in [2.05, 4.69) is 34.0 Å². The summed E-state index contributed by atoms with van der Waals surface area (Å²) in [5, 5.41) is 0. The maximum atomic E-state index is 11.9. The van der Waals surface area contributed by atoms with Crippen LogP contribution in [-0.2, 0) is 23.5 Å². The van der Waals surface area contributed by atoms with Crippen LogP contribution >= 0.6 is 0 Å². The van der Waals surface area contributed by atoms with E-state index in [1.165, 1.54) is 0 Å². The van der Waals surface area contributed by atoms with Gasteiger partial charge in [0.15, 0.2) is 0 Å². The first-order chi connectivity index (χ1) is 14.9. The number of pyridine rings is 1. The lowest BCUT2D eigenvalue weighted by Gasteiger charge is -2.11. The lowest BCUT2D eigenvalue weighted by atomic mass is 9.97. The number of nitrogens with zero attached hydrogens (tertiary/aromatic N) is 3. The number of imidazole rings is 1. The molecule has 7 heteroatoms. The molecule has 4 aromatic rings. The van der Waals surface area contributed by atoms with Gasteiger partial charge in [-0.3, -0.25) is 9.71 Å². The molecule has 0 fully saturated rings. The van der Waals surface area contributed by atoms with Crippen molar-refractivity contribution in [3.05, 3.63) is 84.0 Å². The Bertz CT molecular complexity index is 1450. The molecule has 0 atom stereocenters. The van der Waals surface area contributed by atoms with Gasteiger partial charge in [0.1, 0.15) is 0 Å². The van der Waals surface area contributed by atoms with Crippen molar-refractivity contribution >= 4 is 32.3 Å². The average molecular weight is 431 g/mol.